The third-order valence-corrected chi connectivity index (χ3v) is 6.98. The number of ether oxygens (including phenoxy) is 2. The minimum Gasteiger partial charge on any atom is -0.497 e. The fraction of sp³-hybridized carbons (Fsp3) is 0.250. The molecule has 2 aromatic heterocycles. The maximum absolute atomic E-state index is 14.6. The van der Waals surface area contributed by atoms with Gasteiger partial charge >= 0.3 is 0 Å². The first-order valence-electron chi connectivity index (χ1n) is 11.1. The molecule has 0 amide bonds. The van der Waals surface area contributed by atoms with Gasteiger partial charge in [0.1, 0.15) is 34.1 Å². The van der Waals surface area contributed by atoms with Crippen molar-refractivity contribution in [1.82, 2.24) is 25.3 Å². The second kappa shape index (κ2) is 12.0. The molecular weight excluding hydrogens is 590 g/mol. The SMILES string of the molecule is COc1ccc(CNc2nccnc2C(C)NCCOc2c(Cl)c(Br)c(F)c3nc(Cl)[nH]c(=O)c23)cc1. The molecule has 0 radical (unpaired) electrons. The Labute approximate surface area is 229 Å². The summed E-state index contributed by atoms with van der Waals surface area (Å²) in [6, 6.07) is 7.54. The van der Waals surface area contributed by atoms with Crippen molar-refractivity contribution < 1.29 is 13.9 Å². The van der Waals surface area contributed by atoms with Crippen LogP contribution in [0.4, 0.5) is 10.2 Å². The number of halogens is 4. The van der Waals surface area contributed by atoms with Gasteiger partial charge in [-0.2, -0.15) is 0 Å². The van der Waals surface area contributed by atoms with Crippen LogP contribution in [0.3, 0.4) is 0 Å². The Morgan fingerprint density at radius 2 is 1.92 bits per heavy atom. The summed E-state index contributed by atoms with van der Waals surface area (Å²) in [5.74, 6) is 0.636. The number of hydrogen-bond acceptors (Lipinski definition) is 8. The molecule has 9 nitrogen and oxygen atoms in total. The smallest absolute Gasteiger partial charge is 0.263 e. The lowest BCUT2D eigenvalue weighted by Gasteiger charge is -2.18. The highest BCUT2D eigenvalue weighted by Gasteiger charge is 2.22. The van der Waals surface area contributed by atoms with Gasteiger partial charge in [0.25, 0.3) is 5.56 Å². The molecule has 0 saturated carbocycles. The number of aromatic amines is 1. The average Bonchev–Trinajstić information content (AvgIpc) is 2.90. The van der Waals surface area contributed by atoms with Gasteiger partial charge in [0.15, 0.2) is 11.6 Å². The van der Waals surface area contributed by atoms with Crippen LogP contribution < -0.4 is 25.7 Å². The second-order valence-corrected chi connectivity index (χ2v) is 9.40. The van der Waals surface area contributed by atoms with Crippen LogP contribution in [0.2, 0.25) is 10.3 Å². The molecule has 3 N–H and O–H groups in total. The van der Waals surface area contributed by atoms with E-state index >= 15 is 0 Å². The van der Waals surface area contributed by atoms with Crippen molar-refractivity contribution in [3.8, 4) is 11.5 Å². The molecule has 0 aliphatic heterocycles. The third kappa shape index (κ3) is 6.12. The number of nitrogens with one attached hydrogen (secondary N) is 3. The molecule has 0 saturated heterocycles. The van der Waals surface area contributed by atoms with Gasteiger partial charge in [0.2, 0.25) is 5.28 Å². The Kier molecular flexibility index (Phi) is 8.80. The summed E-state index contributed by atoms with van der Waals surface area (Å²) in [6.45, 7) is 2.98. The van der Waals surface area contributed by atoms with Crippen LogP contribution >= 0.6 is 39.1 Å². The quantitative estimate of drug-likeness (QED) is 0.126. The van der Waals surface area contributed by atoms with Crippen LogP contribution in [-0.4, -0.2) is 40.2 Å². The Morgan fingerprint density at radius 1 is 1.19 bits per heavy atom. The minimum absolute atomic E-state index is 0.00571. The molecule has 37 heavy (non-hydrogen) atoms. The van der Waals surface area contributed by atoms with E-state index in [4.69, 9.17) is 32.7 Å². The summed E-state index contributed by atoms with van der Waals surface area (Å²) in [7, 11) is 1.63. The molecule has 4 aromatic rings. The molecule has 4 rings (SSSR count). The number of methoxy groups -OCH3 is 1. The summed E-state index contributed by atoms with van der Waals surface area (Å²) < 4.78 is 25.5. The molecule has 0 aliphatic rings. The number of hydrogen-bond donors (Lipinski definition) is 3. The molecular formula is C24H22BrCl2FN6O3. The molecule has 1 atom stereocenters. The number of benzene rings is 2. The van der Waals surface area contributed by atoms with E-state index in [0.717, 1.165) is 17.0 Å². The number of aromatic nitrogens is 4. The lowest BCUT2D eigenvalue weighted by molar-refractivity contribution is 0.310. The van der Waals surface area contributed by atoms with E-state index < -0.39 is 11.4 Å². The largest absolute Gasteiger partial charge is 0.497 e. The van der Waals surface area contributed by atoms with Gasteiger partial charge in [0, 0.05) is 25.5 Å². The number of anilines is 1. The molecule has 0 bridgehead atoms. The maximum atomic E-state index is 14.6. The van der Waals surface area contributed by atoms with Crippen molar-refractivity contribution >= 4 is 55.9 Å². The second-order valence-electron chi connectivity index (χ2n) is 7.87. The molecule has 2 aromatic carbocycles. The fourth-order valence-electron chi connectivity index (χ4n) is 3.62. The van der Waals surface area contributed by atoms with Gasteiger partial charge in [-0.1, -0.05) is 23.7 Å². The van der Waals surface area contributed by atoms with Crippen LogP contribution in [0.25, 0.3) is 10.9 Å². The molecule has 194 valence electrons. The number of fused-ring (bicyclic) bond motifs is 1. The Bertz CT molecular complexity index is 1470. The molecule has 0 aliphatic carbocycles. The monoisotopic (exact) mass is 610 g/mol. The zero-order valence-electron chi connectivity index (χ0n) is 19.7. The van der Waals surface area contributed by atoms with Crippen molar-refractivity contribution in [3.63, 3.8) is 0 Å². The zero-order chi connectivity index (χ0) is 26.5. The van der Waals surface area contributed by atoms with Crippen LogP contribution in [0.1, 0.15) is 24.2 Å². The van der Waals surface area contributed by atoms with Gasteiger partial charge in [-0.25, -0.2) is 14.4 Å². The van der Waals surface area contributed by atoms with Crippen molar-refractivity contribution in [2.24, 2.45) is 0 Å². The normalized spacial score (nSPS) is 11.9. The topological polar surface area (TPSA) is 114 Å². The Morgan fingerprint density at radius 3 is 2.65 bits per heavy atom. The number of rotatable bonds is 10. The first kappa shape index (κ1) is 27.1. The average molecular weight is 612 g/mol. The van der Waals surface area contributed by atoms with E-state index in [0.29, 0.717) is 18.9 Å². The summed E-state index contributed by atoms with van der Waals surface area (Å²) in [5, 5.41) is 6.18. The molecule has 13 heteroatoms. The summed E-state index contributed by atoms with van der Waals surface area (Å²) >= 11 is 15.1. The van der Waals surface area contributed by atoms with Gasteiger partial charge in [-0.15, -0.1) is 0 Å². The van der Waals surface area contributed by atoms with Crippen molar-refractivity contribution in [1.29, 1.82) is 0 Å². The number of nitrogens with zero attached hydrogens (tertiary/aromatic N) is 3. The Hall–Kier alpha value is -2.99. The van der Waals surface area contributed by atoms with E-state index in [-0.39, 0.29) is 44.1 Å². The van der Waals surface area contributed by atoms with E-state index in [1.807, 2.05) is 31.2 Å². The summed E-state index contributed by atoms with van der Waals surface area (Å²) in [6.07, 6.45) is 3.24. The highest BCUT2D eigenvalue weighted by atomic mass is 79.9. The highest BCUT2D eigenvalue weighted by Crippen LogP contribution is 2.40. The molecule has 2 heterocycles. The molecule has 0 fully saturated rings. The van der Waals surface area contributed by atoms with Crippen LogP contribution in [-0.2, 0) is 6.54 Å². The first-order valence-corrected chi connectivity index (χ1v) is 12.6. The van der Waals surface area contributed by atoms with Gasteiger partial charge in [-0.3, -0.25) is 14.8 Å². The lowest BCUT2D eigenvalue weighted by atomic mass is 10.2. The molecule has 1 unspecified atom stereocenters. The number of H-pyrrole nitrogens is 1. The highest BCUT2D eigenvalue weighted by molar-refractivity contribution is 9.10. The standard InChI is InChI=1S/C24H22BrCl2FN6O3/c1-12(19-22(31-8-7-30-19)32-11-13-3-5-14(36-2)6-4-13)29-9-10-37-21-15-20(18(28)16(25)17(21)26)33-24(27)34-23(15)35/h3-8,12,29H,9-11H2,1-2H3,(H,31,32)(H,33,34,35). The van der Waals surface area contributed by atoms with Gasteiger partial charge < -0.3 is 20.1 Å². The van der Waals surface area contributed by atoms with E-state index in [9.17, 15) is 9.18 Å². The fourth-order valence-corrected chi connectivity index (χ4v) is 4.39. The van der Waals surface area contributed by atoms with Crippen molar-refractivity contribution in [2.45, 2.75) is 19.5 Å². The van der Waals surface area contributed by atoms with Gasteiger partial charge in [0.05, 0.1) is 23.3 Å². The van der Waals surface area contributed by atoms with Crippen molar-refractivity contribution in [2.75, 3.05) is 25.6 Å². The van der Waals surface area contributed by atoms with E-state index in [2.05, 4.69) is 46.5 Å². The predicted octanol–water partition coefficient (Wildman–Crippen LogP) is 5.27. The van der Waals surface area contributed by atoms with Crippen LogP contribution in [0, 0.1) is 5.82 Å². The Balaban J connectivity index is 1.41. The lowest BCUT2D eigenvalue weighted by Crippen LogP contribution is -2.26. The third-order valence-electron chi connectivity index (χ3n) is 5.46. The van der Waals surface area contributed by atoms with Gasteiger partial charge in [-0.05, 0) is 52.2 Å². The minimum atomic E-state index is -0.801. The predicted molar refractivity (Wildman–Crippen MR) is 144 cm³/mol. The summed E-state index contributed by atoms with van der Waals surface area (Å²) in [5.41, 5.74) is 0.881. The van der Waals surface area contributed by atoms with E-state index in [1.54, 1.807) is 19.5 Å². The van der Waals surface area contributed by atoms with Crippen LogP contribution in [0.5, 0.6) is 11.5 Å². The van der Waals surface area contributed by atoms with Crippen molar-refractivity contribution in [3.05, 3.63) is 78.9 Å². The molecule has 0 spiro atoms. The first-order chi connectivity index (χ1) is 17.8. The maximum Gasteiger partial charge on any atom is 0.263 e. The van der Waals surface area contributed by atoms with Crippen LogP contribution in [0.15, 0.2) is 45.9 Å². The van der Waals surface area contributed by atoms with E-state index in [1.165, 1.54) is 0 Å². The zero-order valence-corrected chi connectivity index (χ0v) is 22.8. The summed E-state index contributed by atoms with van der Waals surface area (Å²) in [4.78, 5) is 27.5.